The van der Waals surface area contributed by atoms with Crippen LogP contribution in [0.25, 0.3) is 0 Å². The van der Waals surface area contributed by atoms with E-state index in [1.165, 1.54) is 16.7 Å². The molecule has 0 saturated carbocycles. The summed E-state index contributed by atoms with van der Waals surface area (Å²) in [5, 5.41) is 0.218. The summed E-state index contributed by atoms with van der Waals surface area (Å²) in [6.45, 7) is 6.94. The van der Waals surface area contributed by atoms with Crippen LogP contribution in [0.5, 0.6) is 0 Å². The Kier molecular flexibility index (Phi) is 9.54. The number of hydrogen-bond donors (Lipinski definition) is 0. The van der Waals surface area contributed by atoms with Crippen molar-refractivity contribution >= 4 is 10.9 Å². The van der Waals surface area contributed by atoms with Gasteiger partial charge in [0.2, 0.25) is 0 Å². The molecule has 0 spiro atoms. The van der Waals surface area contributed by atoms with Crippen LogP contribution >= 0.6 is 0 Å². The Morgan fingerprint density at radius 2 is 1.32 bits per heavy atom. The van der Waals surface area contributed by atoms with E-state index in [9.17, 15) is 0 Å². The molecule has 2 heterocycles. The van der Waals surface area contributed by atoms with Crippen LogP contribution < -0.4 is 0 Å². The summed E-state index contributed by atoms with van der Waals surface area (Å²) >= 11 is 0. The average Bonchev–Trinajstić information content (AvgIpc) is 3.46. The summed E-state index contributed by atoms with van der Waals surface area (Å²) in [5.74, 6) is 1.34. The Labute approximate surface area is 229 Å². The Morgan fingerprint density at radius 3 is 1.87 bits per heavy atom. The number of benzene rings is 3. The molecule has 0 amide bonds. The minimum atomic E-state index is -0.528. The molecule has 202 valence electrons. The molecule has 0 aromatic heterocycles. The summed E-state index contributed by atoms with van der Waals surface area (Å²) in [6, 6.07) is 31.1. The van der Waals surface area contributed by atoms with Crippen LogP contribution in [-0.4, -0.2) is 54.1 Å². The van der Waals surface area contributed by atoms with Crippen molar-refractivity contribution in [1.29, 1.82) is 0 Å². The predicted molar refractivity (Wildman–Crippen MR) is 152 cm³/mol. The minimum Gasteiger partial charge on any atom is -0.371 e. The average molecular weight is 536 g/mol. The number of ether oxygens (including phenoxy) is 5. The van der Waals surface area contributed by atoms with Crippen LogP contribution in [0, 0.1) is 0 Å². The summed E-state index contributed by atoms with van der Waals surface area (Å²) in [5.41, 5.74) is 3.52. The Balaban J connectivity index is 1.32. The summed E-state index contributed by atoms with van der Waals surface area (Å²) in [7, 11) is -0.00192. The molecule has 5 atom stereocenters. The number of rotatable bonds is 12. The molecule has 5 rings (SSSR count). The van der Waals surface area contributed by atoms with E-state index in [4.69, 9.17) is 23.7 Å². The van der Waals surface area contributed by atoms with Crippen molar-refractivity contribution in [2.45, 2.75) is 63.0 Å². The van der Waals surface area contributed by atoms with E-state index in [-0.39, 0.29) is 34.5 Å². The van der Waals surface area contributed by atoms with Gasteiger partial charge in [-0.3, -0.25) is 0 Å². The topological polar surface area (TPSA) is 46.2 Å². The maximum atomic E-state index is 6.67. The second-order valence-electron chi connectivity index (χ2n) is 10.5. The molecule has 2 fully saturated rings. The van der Waals surface area contributed by atoms with Gasteiger partial charge in [0.25, 0.3) is 0 Å². The monoisotopic (exact) mass is 535 g/mol. The van der Waals surface area contributed by atoms with Crippen LogP contribution in [0.15, 0.2) is 91.0 Å². The molecule has 0 bridgehead atoms. The van der Waals surface area contributed by atoms with Crippen molar-refractivity contribution in [2.75, 3.05) is 24.7 Å². The van der Waals surface area contributed by atoms with Crippen LogP contribution in [0.2, 0.25) is 0 Å². The highest BCUT2D eigenvalue weighted by atomic mass is 32.2. The molecule has 2 unspecified atom stereocenters. The van der Waals surface area contributed by atoms with E-state index in [1.54, 1.807) is 0 Å². The summed E-state index contributed by atoms with van der Waals surface area (Å²) < 4.78 is 31.7. The number of hydrogen-bond acceptors (Lipinski definition) is 5. The molecule has 0 radical (unpaired) electrons. The van der Waals surface area contributed by atoms with Gasteiger partial charge in [0.05, 0.1) is 33.0 Å². The molecule has 2 aliphatic rings. The van der Waals surface area contributed by atoms with Gasteiger partial charge in [0, 0.05) is 10.9 Å². The third kappa shape index (κ3) is 7.69. The van der Waals surface area contributed by atoms with Crippen molar-refractivity contribution < 1.29 is 23.7 Å². The van der Waals surface area contributed by atoms with Gasteiger partial charge in [0.1, 0.15) is 29.8 Å². The molecule has 5 nitrogen and oxygen atoms in total. The highest BCUT2D eigenvalue weighted by Gasteiger charge is 2.54. The molecule has 6 heteroatoms. The fourth-order valence-electron chi connectivity index (χ4n) is 5.09. The fraction of sp³-hybridized carbons (Fsp3) is 0.438. The van der Waals surface area contributed by atoms with E-state index in [0.717, 1.165) is 11.5 Å². The summed E-state index contributed by atoms with van der Waals surface area (Å²) in [4.78, 5) is 0. The predicted octanol–water partition coefficient (Wildman–Crippen LogP) is 5.53. The lowest BCUT2D eigenvalue weighted by molar-refractivity contribution is -0.135. The second kappa shape index (κ2) is 13.2. The van der Waals surface area contributed by atoms with Crippen LogP contribution in [0.1, 0.15) is 30.5 Å². The quantitative estimate of drug-likeness (QED) is 0.286. The Hall–Kier alpha value is -2.19. The standard InChI is InChI=1S/C32H39O5S/c1-32(2)36-21-28(37-32)23-38-24-29(34-19-26-14-8-4-9-15-26)31(35-20-27-16-10-5-11-17-27)30(38)22-33-18-25-12-6-3-7-13-25/h3-17,28-31H,18-24H2,1-2H3/q+1/t28-,29+,30?,31-,38?/m0/s1. The SMILES string of the molecule is CC1(C)OC[C@@H](C[S+]2C[C@@H](OCc3ccccc3)[C@H](OCc3ccccc3)C2COCc2ccccc2)O1. The molecule has 3 aromatic rings. The van der Waals surface area contributed by atoms with Gasteiger partial charge in [-0.2, -0.15) is 0 Å². The largest absolute Gasteiger partial charge is 0.371 e. The third-order valence-corrected chi connectivity index (χ3v) is 9.81. The molecular formula is C32H39O5S+. The van der Waals surface area contributed by atoms with Gasteiger partial charge < -0.3 is 23.7 Å². The molecule has 38 heavy (non-hydrogen) atoms. The Morgan fingerprint density at radius 1 is 0.763 bits per heavy atom. The van der Waals surface area contributed by atoms with E-state index < -0.39 is 5.79 Å². The van der Waals surface area contributed by atoms with Gasteiger partial charge in [-0.05, 0) is 30.5 Å². The third-order valence-electron chi connectivity index (χ3n) is 6.99. The normalized spacial score (nSPS) is 26.5. The first-order valence-electron chi connectivity index (χ1n) is 13.5. The molecular weight excluding hydrogens is 496 g/mol. The van der Waals surface area contributed by atoms with Crippen molar-refractivity contribution in [2.24, 2.45) is 0 Å². The van der Waals surface area contributed by atoms with Gasteiger partial charge in [0.15, 0.2) is 11.0 Å². The van der Waals surface area contributed by atoms with E-state index >= 15 is 0 Å². The molecule has 0 aliphatic carbocycles. The van der Waals surface area contributed by atoms with Crippen molar-refractivity contribution in [1.82, 2.24) is 0 Å². The lowest BCUT2D eigenvalue weighted by Gasteiger charge is -2.23. The summed E-state index contributed by atoms with van der Waals surface area (Å²) in [6.07, 6.45) is 0.00358. The lowest BCUT2D eigenvalue weighted by Crippen LogP contribution is -2.40. The highest BCUT2D eigenvalue weighted by Crippen LogP contribution is 2.33. The van der Waals surface area contributed by atoms with Crippen molar-refractivity contribution in [3.63, 3.8) is 0 Å². The van der Waals surface area contributed by atoms with Gasteiger partial charge in [-0.1, -0.05) is 91.0 Å². The van der Waals surface area contributed by atoms with Gasteiger partial charge in [-0.15, -0.1) is 0 Å². The van der Waals surface area contributed by atoms with E-state index in [0.29, 0.717) is 33.0 Å². The first-order valence-corrected chi connectivity index (χ1v) is 15.1. The first kappa shape index (κ1) is 27.4. The van der Waals surface area contributed by atoms with Crippen LogP contribution in [0.3, 0.4) is 0 Å². The maximum Gasteiger partial charge on any atom is 0.170 e. The molecule has 3 aromatic carbocycles. The van der Waals surface area contributed by atoms with E-state index in [2.05, 4.69) is 72.8 Å². The minimum absolute atomic E-state index is 0.00192. The van der Waals surface area contributed by atoms with Crippen molar-refractivity contribution in [3.05, 3.63) is 108 Å². The molecule has 2 aliphatic heterocycles. The van der Waals surface area contributed by atoms with Gasteiger partial charge >= 0.3 is 0 Å². The maximum absolute atomic E-state index is 6.67. The zero-order valence-electron chi connectivity index (χ0n) is 22.4. The zero-order chi connectivity index (χ0) is 26.2. The van der Waals surface area contributed by atoms with Crippen molar-refractivity contribution in [3.8, 4) is 0 Å². The van der Waals surface area contributed by atoms with Crippen LogP contribution in [0.4, 0.5) is 0 Å². The lowest BCUT2D eigenvalue weighted by atomic mass is 10.1. The van der Waals surface area contributed by atoms with Crippen LogP contribution in [-0.2, 0) is 54.4 Å². The second-order valence-corrected chi connectivity index (χ2v) is 12.8. The highest BCUT2D eigenvalue weighted by molar-refractivity contribution is 7.97. The first-order chi connectivity index (χ1) is 18.6. The molecule has 2 saturated heterocycles. The van der Waals surface area contributed by atoms with E-state index in [1.807, 2.05) is 32.0 Å². The Bertz CT molecular complexity index is 1090. The fourth-order valence-corrected chi connectivity index (χ4v) is 8.00. The van der Waals surface area contributed by atoms with Gasteiger partial charge in [-0.25, -0.2) is 0 Å². The zero-order valence-corrected chi connectivity index (χ0v) is 23.2. The molecule has 0 N–H and O–H groups in total. The smallest absolute Gasteiger partial charge is 0.170 e.